The van der Waals surface area contributed by atoms with E-state index in [9.17, 15) is 9.18 Å². The van der Waals surface area contributed by atoms with Crippen LogP contribution in [0.15, 0.2) is 24.3 Å². The fraction of sp³-hybridized carbons (Fsp3) is 0.417. The fourth-order valence-corrected chi connectivity index (χ4v) is 1.64. The lowest BCUT2D eigenvalue weighted by Gasteiger charge is -2.14. The van der Waals surface area contributed by atoms with Gasteiger partial charge in [0.05, 0.1) is 12.1 Å². The molecular formula is C12H14FNO. The normalized spacial score (nSPS) is 15.7. The van der Waals surface area contributed by atoms with Gasteiger partial charge in [-0.15, -0.1) is 0 Å². The first-order chi connectivity index (χ1) is 7.18. The van der Waals surface area contributed by atoms with E-state index in [0.717, 1.165) is 12.8 Å². The zero-order chi connectivity index (χ0) is 10.8. The molecule has 3 heteroatoms. The van der Waals surface area contributed by atoms with Gasteiger partial charge in [-0.3, -0.25) is 9.69 Å². The lowest BCUT2D eigenvalue weighted by Crippen LogP contribution is -2.28. The first-order valence-electron chi connectivity index (χ1n) is 5.16. The number of likely N-dealkylation sites (N-methyl/N-ethyl adjacent to an activating group) is 1. The number of hydrogen-bond donors (Lipinski definition) is 0. The van der Waals surface area contributed by atoms with Crippen molar-refractivity contribution in [2.45, 2.75) is 18.9 Å². The number of rotatable bonds is 4. The second-order valence-corrected chi connectivity index (χ2v) is 4.05. The van der Waals surface area contributed by atoms with E-state index in [4.69, 9.17) is 0 Å². The summed E-state index contributed by atoms with van der Waals surface area (Å²) in [4.78, 5) is 13.7. The molecule has 0 heterocycles. The monoisotopic (exact) mass is 207 g/mol. The van der Waals surface area contributed by atoms with E-state index in [1.54, 1.807) is 18.2 Å². The maximum Gasteiger partial charge on any atom is 0.179 e. The number of carbonyl (C=O) groups is 1. The summed E-state index contributed by atoms with van der Waals surface area (Å²) in [6.07, 6.45) is 2.31. The summed E-state index contributed by atoms with van der Waals surface area (Å²) in [5.74, 6) is -0.561. The van der Waals surface area contributed by atoms with Gasteiger partial charge in [-0.2, -0.15) is 0 Å². The highest BCUT2D eigenvalue weighted by atomic mass is 19.1. The summed E-state index contributed by atoms with van der Waals surface area (Å²) in [5, 5.41) is 0. The predicted molar refractivity (Wildman–Crippen MR) is 56.4 cm³/mol. The highest BCUT2D eigenvalue weighted by Gasteiger charge is 2.27. The van der Waals surface area contributed by atoms with Crippen LogP contribution in [0.1, 0.15) is 23.2 Å². The van der Waals surface area contributed by atoms with Crippen molar-refractivity contribution in [2.75, 3.05) is 13.6 Å². The second-order valence-electron chi connectivity index (χ2n) is 4.05. The molecule has 0 aromatic heterocycles. The van der Waals surface area contributed by atoms with Gasteiger partial charge < -0.3 is 0 Å². The summed E-state index contributed by atoms with van der Waals surface area (Å²) in [6, 6.07) is 6.67. The van der Waals surface area contributed by atoms with Crippen LogP contribution in [0.2, 0.25) is 0 Å². The summed E-state index contributed by atoms with van der Waals surface area (Å²) < 4.78 is 13.3. The van der Waals surface area contributed by atoms with E-state index < -0.39 is 5.82 Å². The Balaban J connectivity index is 2.04. The molecule has 80 valence electrons. The van der Waals surface area contributed by atoms with Crippen molar-refractivity contribution in [3.8, 4) is 0 Å². The molecule has 0 spiro atoms. The molecular weight excluding hydrogens is 193 g/mol. The highest BCUT2D eigenvalue weighted by Crippen LogP contribution is 2.25. The molecule has 0 atom stereocenters. The maximum atomic E-state index is 13.3. The third-order valence-corrected chi connectivity index (χ3v) is 2.74. The van der Waals surface area contributed by atoms with Crippen LogP contribution in [0.3, 0.4) is 0 Å². The van der Waals surface area contributed by atoms with Crippen LogP contribution in [0.5, 0.6) is 0 Å². The number of Topliss-reactive ketones (excluding diaryl/α,β-unsaturated/α-hetero) is 1. The first-order valence-corrected chi connectivity index (χ1v) is 5.16. The van der Waals surface area contributed by atoms with Crippen molar-refractivity contribution in [3.63, 3.8) is 0 Å². The first kappa shape index (κ1) is 10.3. The van der Waals surface area contributed by atoms with E-state index in [0.29, 0.717) is 12.6 Å². The van der Waals surface area contributed by atoms with E-state index in [1.807, 2.05) is 11.9 Å². The van der Waals surface area contributed by atoms with E-state index in [-0.39, 0.29) is 11.3 Å². The van der Waals surface area contributed by atoms with Gasteiger partial charge in [0.2, 0.25) is 0 Å². The zero-order valence-electron chi connectivity index (χ0n) is 8.74. The lowest BCUT2D eigenvalue weighted by molar-refractivity contribution is 0.0938. The predicted octanol–water partition coefficient (Wildman–Crippen LogP) is 2.10. The van der Waals surface area contributed by atoms with Crippen molar-refractivity contribution in [1.82, 2.24) is 4.90 Å². The van der Waals surface area contributed by atoms with Crippen LogP contribution < -0.4 is 0 Å². The second kappa shape index (κ2) is 4.11. The molecule has 0 unspecified atom stereocenters. The average Bonchev–Trinajstić information content (AvgIpc) is 3.01. The number of benzene rings is 1. The van der Waals surface area contributed by atoms with Crippen molar-refractivity contribution >= 4 is 5.78 Å². The van der Waals surface area contributed by atoms with Crippen molar-refractivity contribution in [3.05, 3.63) is 35.6 Å². The fourth-order valence-electron chi connectivity index (χ4n) is 1.64. The number of hydrogen-bond acceptors (Lipinski definition) is 2. The van der Waals surface area contributed by atoms with Gasteiger partial charge in [-0.05, 0) is 32.0 Å². The van der Waals surface area contributed by atoms with E-state index in [2.05, 4.69) is 0 Å². The zero-order valence-corrected chi connectivity index (χ0v) is 8.74. The molecule has 1 saturated carbocycles. The molecule has 0 aliphatic heterocycles. The van der Waals surface area contributed by atoms with Gasteiger partial charge >= 0.3 is 0 Å². The van der Waals surface area contributed by atoms with Gasteiger partial charge in [0.25, 0.3) is 0 Å². The minimum atomic E-state index is -0.424. The van der Waals surface area contributed by atoms with Gasteiger partial charge in [0, 0.05) is 6.04 Å². The molecule has 2 rings (SSSR count). The lowest BCUT2D eigenvalue weighted by atomic mass is 10.1. The summed E-state index contributed by atoms with van der Waals surface area (Å²) in [6.45, 7) is 0.311. The van der Waals surface area contributed by atoms with Crippen molar-refractivity contribution in [1.29, 1.82) is 0 Å². The largest absolute Gasteiger partial charge is 0.296 e. The van der Waals surface area contributed by atoms with Crippen LogP contribution in [0.4, 0.5) is 4.39 Å². The number of halogens is 1. The summed E-state index contributed by atoms with van der Waals surface area (Å²) in [5.41, 5.74) is 0.199. The molecule has 1 aromatic rings. The van der Waals surface area contributed by atoms with Crippen molar-refractivity contribution in [2.24, 2.45) is 0 Å². The molecule has 0 N–H and O–H groups in total. The molecule has 0 saturated heterocycles. The van der Waals surface area contributed by atoms with Crippen LogP contribution in [-0.4, -0.2) is 30.3 Å². The SMILES string of the molecule is CN(CC(=O)c1ccccc1F)C1CC1. The molecule has 1 aliphatic carbocycles. The van der Waals surface area contributed by atoms with Crippen LogP contribution in [0, 0.1) is 5.82 Å². The quantitative estimate of drug-likeness (QED) is 0.705. The smallest absolute Gasteiger partial charge is 0.179 e. The van der Waals surface area contributed by atoms with Gasteiger partial charge in [-0.1, -0.05) is 12.1 Å². The van der Waals surface area contributed by atoms with Crippen molar-refractivity contribution < 1.29 is 9.18 Å². The Hall–Kier alpha value is -1.22. The summed E-state index contributed by atoms with van der Waals surface area (Å²) >= 11 is 0. The number of carbonyl (C=O) groups excluding carboxylic acids is 1. The third-order valence-electron chi connectivity index (χ3n) is 2.74. The number of ketones is 1. The molecule has 1 aromatic carbocycles. The van der Waals surface area contributed by atoms with Gasteiger partial charge in [0.1, 0.15) is 5.82 Å². The molecule has 15 heavy (non-hydrogen) atoms. The Morgan fingerprint density at radius 2 is 2.13 bits per heavy atom. The Labute approximate surface area is 88.7 Å². The van der Waals surface area contributed by atoms with Crippen LogP contribution in [-0.2, 0) is 0 Å². The Morgan fingerprint density at radius 1 is 1.47 bits per heavy atom. The Morgan fingerprint density at radius 3 is 2.73 bits per heavy atom. The molecule has 1 fully saturated rings. The standard InChI is InChI=1S/C12H14FNO/c1-14(9-6-7-9)8-12(15)10-4-2-3-5-11(10)13/h2-5,9H,6-8H2,1H3. The van der Waals surface area contributed by atoms with E-state index in [1.165, 1.54) is 6.07 Å². The Kier molecular flexibility index (Phi) is 2.82. The topological polar surface area (TPSA) is 20.3 Å². The van der Waals surface area contributed by atoms with E-state index >= 15 is 0 Å². The number of nitrogens with zero attached hydrogens (tertiary/aromatic N) is 1. The highest BCUT2D eigenvalue weighted by molar-refractivity contribution is 5.97. The summed E-state index contributed by atoms with van der Waals surface area (Å²) in [7, 11) is 1.91. The molecule has 0 amide bonds. The van der Waals surface area contributed by atoms with Gasteiger partial charge in [-0.25, -0.2) is 4.39 Å². The van der Waals surface area contributed by atoms with Gasteiger partial charge in [0.15, 0.2) is 5.78 Å². The molecule has 1 aliphatic rings. The molecule has 0 radical (unpaired) electrons. The molecule has 2 nitrogen and oxygen atoms in total. The minimum Gasteiger partial charge on any atom is -0.296 e. The molecule has 0 bridgehead atoms. The van der Waals surface area contributed by atoms with Crippen LogP contribution in [0.25, 0.3) is 0 Å². The average molecular weight is 207 g/mol. The Bertz CT molecular complexity index is 374. The van der Waals surface area contributed by atoms with Crippen LogP contribution >= 0.6 is 0 Å². The third kappa shape index (κ3) is 2.42. The maximum absolute atomic E-state index is 13.3. The minimum absolute atomic E-state index is 0.137.